The first-order valence-electron chi connectivity index (χ1n) is 6.75. The van der Waals surface area contributed by atoms with Crippen LogP contribution in [0.5, 0.6) is 0 Å². The van der Waals surface area contributed by atoms with Gasteiger partial charge in [-0.3, -0.25) is 14.3 Å². The highest BCUT2D eigenvalue weighted by Crippen LogP contribution is 2.15. The number of hydrogen-bond acceptors (Lipinski definition) is 4. The van der Waals surface area contributed by atoms with Crippen molar-refractivity contribution < 1.29 is 18.0 Å². The van der Waals surface area contributed by atoms with Crippen LogP contribution in [0.25, 0.3) is 0 Å². The van der Waals surface area contributed by atoms with Crippen molar-refractivity contribution in [3.8, 4) is 0 Å². The lowest BCUT2D eigenvalue weighted by Gasteiger charge is -2.07. The Morgan fingerprint density at radius 1 is 0.870 bits per heavy atom. The number of benzene rings is 2. The number of aryl methyl sites for hydroxylation is 1. The van der Waals surface area contributed by atoms with Crippen molar-refractivity contribution in [1.82, 2.24) is 0 Å². The number of nitrogens with one attached hydrogen (secondary N) is 2. The quantitative estimate of drug-likeness (QED) is 0.648. The first kappa shape index (κ1) is 16.7. The minimum absolute atomic E-state index is 0.309. The normalized spacial score (nSPS) is 10.9. The first-order valence-corrected chi connectivity index (χ1v) is 8.64. The van der Waals surface area contributed by atoms with Gasteiger partial charge in [0.2, 0.25) is 10.0 Å². The Labute approximate surface area is 134 Å². The summed E-state index contributed by atoms with van der Waals surface area (Å²) in [5, 5.41) is 2.48. The third-order valence-corrected chi connectivity index (χ3v) is 3.57. The van der Waals surface area contributed by atoms with Crippen LogP contribution in [0.15, 0.2) is 48.5 Å². The molecule has 2 aromatic rings. The summed E-state index contributed by atoms with van der Waals surface area (Å²) >= 11 is 0. The highest BCUT2D eigenvalue weighted by atomic mass is 32.2. The van der Waals surface area contributed by atoms with Crippen molar-refractivity contribution in [2.75, 3.05) is 16.3 Å². The van der Waals surface area contributed by atoms with E-state index in [0.717, 1.165) is 11.8 Å². The number of carbonyl (C=O) groups excluding carboxylic acids is 2. The monoisotopic (exact) mass is 332 g/mol. The molecule has 0 saturated heterocycles. The van der Waals surface area contributed by atoms with Crippen LogP contribution in [-0.4, -0.2) is 26.4 Å². The predicted molar refractivity (Wildman–Crippen MR) is 89.0 cm³/mol. The summed E-state index contributed by atoms with van der Waals surface area (Å²) in [6.45, 7) is 1.89. The molecule has 0 saturated carbocycles. The number of anilines is 2. The van der Waals surface area contributed by atoms with E-state index in [9.17, 15) is 18.0 Å². The maximum atomic E-state index is 12.0. The van der Waals surface area contributed by atoms with Crippen molar-refractivity contribution in [3.63, 3.8) is 0 Å². The fourth-order valence-corrected chi connectivity index (χ4v) is 2.42. The number of amides is 1. The maximum absolute atomic E-state index is 12.0. The van der Waals surface area contributed by atoms with Gasteiger partial charge in [0.25, 0.3) is 11.7 Å². The van der Waals surface area contributed by atoms with Crippen LogP contribution in [0, 0.1) is 6.92 Å². The Bertz CT molecular complexity index is 825. The van der Waals surface area contributed by atoms with Crippen LogP contribution in [0.1, 0.15) is 15.9 Å². The van der Waals surface area contributed by atoms with E-state index in [1.807, 2.05) is 6.92 Å². The topological polar surface area (TPSA) is 92.3 Å². The van der Waals surface area contributed by atoms with Crippen molar-refractivity contribution >= 4 is 33.1 Å². The van der Waals surface area contributed by atoms with Crippen LogP contribution in [-0.2, 0) is 14.8 Å². The summed E-state index contributed by atoms with van der Waals surface area (Å²) in [5.41, 5.74) is 2.07. The molecule has 0 atom stereocenters. The van der Waals surface area contributed by atoms with E-state index in [1.54, 1.807) is 24.3 Å². The van der Waals surface area contributed by atoms with Crippen LogP contribution in [0.4, 0.5) is 11.4 Å². The molecule has 0 aliphatic heterocycles. The minimum atomic E-state index is -3.36. The van der Waals surface area contributed by atoms with Crippen LogP contribution < -0.4 is 10.0 Å². The molecular formula is C16H16N2O4S. The number of hydrogen-bond donors (Lipinski definition) is 2. The first-order chi connectivity index (χ1) is 10.7. The number of carbonyl (C=O) groups is 2. The fraction of sp³-hybridized carbons (Fsp3) is 0.125. The Morgan fingerprint density at radius 3 is 1.91 bits per heavy atom. The molecule has 6 nitrogen and oxygen atoms in total. The molecule has 0 fully saturated rings. The molecule has 2 rings (SSSR count). The Balaban J connectivity index is 2.05. The molecule has 7 heteroatoms. The number of Topliss-reactive ketones (excluding diaryl/α,β-unsaturated/α-hetero) is 1. The molecule has 0 aromatic heterocycles. The average Bonchev–Trinajstić information content (AvgIpc) is 2.48. The van der Waals surface area contributed by atoms with Gasteiger partial charge in [0.15, 0.2) is 0 Å². The molecule has 0 radical (unpaired) electrons. The van der Waals surface area contributed by atoms with Crippen molar-refractivity contribution in [3.05, 3.63) is 59.7 Å². The molecule has 1 amide bonds. The summed E-state index contributed by atoms with van der Waals surface area (Å²) < 4.78 is 24.5. The lowest BCUT2D eigenvalue weighted by Crippen LogP contribution is -2.22. The van der Waals surface area contributed by atoms with E-state index in [1.165, 1.54) is 24.3 Å². The highest BCUT2D eigenvalue weighted by Gasteiger charge is 2.16. The van der Waals surface area contributed by atoms with E-state index in [4.69, 9.17) is 0 Å². The summed E-state index contributed by atoms with van der Waals surface area (Å²) in [6.07, 6.45) is 1.04. The molecule has 2 aromatic carbocycles. The Morgan fingerprint density at radius 2 is 1.39 bits per heavy atom. The van der Waals surface area contributed by atoms with Crippen LogP contribution in [0.2, 0.25) is 0 Å². The van der Waals surface area contributed by atoms with Gasteiger partial charge >= 0.3 is 0 Å². The van der Waals surface area contributed by atoms with Gasteiger partial charge in [-0.15, -0.1) is 0 Å². The summed E-state index contributed by atoms with van der Waals surface area (Å²) in [6, 6.07) is 12.7. The second kappa shape index (κ2) is 6.62. The molecule has 0 heterocycles. The minimum Gasteiger partial charge on any atom is -0.319 e. The maximum Gasteiger partial charge on any atom is 0.296 e. The van der Waals surface area contributed by atoms with E-state index < -0.39 is 21.7 Å². The Hall–Kier alpha value is -2.67. The molecule has 0 unspecified atom stereocenters. The van der Waals surface area contributed by atoms with Crippen LogP contribution >= 0.6 is 0 Å². The lowest BCUT2D eigenvalue weighted by atomic mass is 10.1. The smallest absolute Gasteiger partial charge is 0.296 e. The third kappa shape index (κ3) is 4.93. The van der Waals surface area contributed by atoms with Gasteiger partial charge in [0, 0.05) is 16.9 Å². The highest BCUT2D eigenvalue weighted by molar-refractivity contribution is 7.92. The van der Waals surface area contributed by atoms with E-state index in [0.29, 0.717) is 16.9 Å². The summed E-state index contributed by atoms with van der Waals surface area (Å²) in [7, 11) is -3.36. The van der Waals surface area contributed by atoms with Crippen molar-refractivity contribution in [2.45, 2.75) is 6.92 Å². The SMILES string of the molecule is Cc1ccc(C(=O)C(=O)Nc2ccc(NS(C)(=O)=O)cc2)cc1. The fourth-order valence-electron chi connectivity index (χ4n) is 1.86. The Kier molecular flexibility index (Phi) is 4.80. The third-order valence-electron chi connectivity index (χ3n) is 2.97. The summed E-state index contributed by atoms with van der Waals surface area (Å²) in [5.74, 6) is -1.39. The van der Waals surface area contributed by atoms with Gasteiger partial charge in [-0.25, -0.2) is 8.42 Å². The largest absolute Gasteiger partial charge is 0.319 e. The van der Waals surface area contributed by atoms with Gasteiger partial charge in [0.1, 0.15) is 0 Å². The van der Waals surface area contributed by atoms with Gasteiger partial charge in [-0.05, 0) is 31.2 Å². The van der Waals surface area contributed by atoms with Gasteiger partial charge in [-0.2, -0.15) is 0 Å². The number of sulfonamides is 1. The zero-order valence-electron chi connectivity index (χ0n) is 12.7. The van der Waals surface area contributed by atoms with Crippen molar-refractivity contribution in [2.24, 2.45) is 0 Å². The predicted octanol–water partition coefficient (Wildman–Crippen LogP) is 2.19. The van der Waals surface area contributed by atoms with E-state index >= 15 is 0 Å². The van der Waals surface area contributed by atoms with Crippen molar-refractivity contribution in [1.29, 1.82) is 0 Å². The molecule has 0 spiro atoms. The van der Waals surface area contributed by atoms with E-state index in [-0.39, 0.29) is 0 Å². The lowest BCUT2D eigenvalue weighted by molar-refractivity contribution is -0.112. The molecule has 120 valence electrons. The van der Waals surface area contributed by atoms with Gasteiger partial charge in [0.05, 0.1) is 6.26 Å². The average molecular weight is 332 g/mol. The number of rotatable bonds is 5. The number of ketones is 1. The second-order valence-corrected chi connectivity index (χ2v) is 6.85. The van der Waals surface area contributed by atoms with Gasteiger partial charge in [-0.1, -0.05) is 29.8 Å². The molecule has 23 heavy (non-hydrogen) atoms. The molecule has 2 N–H and O–H groups in total. The molecule has 0 aliphatic rings. The zero-order chi connectivity index (χ0) is 17.0. The molecule has 0 bridgehead atoms. The van der Waals surface area contributed by atoms with Crippen LogP contribution in [0.3, 0.4) is 0 Å². The zero-order valence-corrected chi connectivity index (χ0v) is 13.5. The standard InChI is InChI=1S/C16H16N2O4S/c1-11-3-5-12(6-4-11)15(19)16(20)17-13-7-9-14(10-8-13)18-23(2,21)22/h3-10,18H,1-2H3,(H,17,20). The molecule has 0 aliphatic carbocycles. The molecular weight excluding hydrogens is 316 g/mol. The second-order valence-electron chi connectivity index (χ2n) is 5.10. The van der Waals surface area contributed by atoms with E-state index in [2.05, 4.69) is 10.0 Å². The summed E-state index contributed by atoms with van der Waals surface area (Å²) in [4.78, 5) is 24.0. The van der Waals surface area contributed by atoms with Gasteiger partial charge < -0.3 is 5.32 Å².